The number of nitrogens with zero attached hydrogens (tertiary/aromatic N) is 2. The van der Waals surface area contributed by atoms with E-state index in [0.717, 1.165) is 30.5 Å². The van der Waals surface area contributed by atoms with Gasteiger partial charge in [-0.05, 0) is 73.9 Å². The van der Waals surface area contributed by atoms with Gasteiger partial charge in [0.2, 0.25) is 11.8 Å². The summed E-state index contributed by atoms with van der Waals surface area (Å²) in [6.45, 7) is 7.72. The third-order valence-electron chi connectivity index (χ3n) is 10.5. The van der Waals surface area contributed by atoms with Crippen LogP contribution < -0.4 is 15.5 Å². The fourth-order valence-electron chi connectivity index (χ4n) is 8.12. The predicted octanol–water partition coefficient (Wildman–Crippen LogP) is 5.03. The lowest BCUT2D eigenvalue weighted by Crippen LogP contribution is -2.46. The van der Waals surface area contributed by atoms with Gasteiger partial charge in [0.15, 0.2) is 13.9 Å². The van der Waals surface area contributed by atoms with Crippen molar-refractivity contribution >= 4 is 49.0 Å². The lowest BCUT2D eigenvalue weighted by atomic mass is 9.82. The summed E-state index contributed by atoms with van der Waals surface area (Å²) in [6, 6.07) is 22.4. The number of ether oxygens (including phenoxy) is 1. The predicted molar refractivity (Wildman–Crippen MR) is 196 cm³/mol. The highest BCUT2D eigenvalue weighted by Gasteiger charge is 2.66. The normalized spacial score (nSPS) is 24.8. The van der Waals surface area contributed by atoms with E-state index >= 15 is 0 Å². The number of anilines is 2. The van der Waals surface area contributed by atoms with Gasteiger partial charge in [0.25, 0.3) is 5.91 Å². The molecule has 0 aliphatic carbocycles. The highest BCUT2D eigenvalue weighted by Crippen LogP contribution is 2.60. The van der Waals surface area contributed by atoms with Crippen LogP contribution in [0.3, 0.4) is 0 Å². The molecule has 2 fully saturated rings. The number of aliphatic hydroxyl groups is 1. The van der Waals surface area contributed by atoms with E-state index in [1.165, 1.54) is 0 Å². The second-order valence-corrected chi connectivity index (χ2v) is 18.8. The molecule has 0 bridgehead atoms. The molecule has 12 heteroatoms. The second-order valence-electron chi connectivity index (χ2n) is 14.4. The lowest BCUT2D eigenvalue weighted by molar-refractivity contribution is -0.150. The van der Waals surface area contributed by atoms with E-state index in [9.17, 15) is 24.3 Å². The number of piperidine rings is 1. The van der Waals surface area contributed by atoms with Gasteiger partial charge >= 0.3 is 0 Å². The van der Waals surface area contributed by atoms with Gasteiger partial charge < -0.3 is 35.1 Å². The molecule has 6 rings (SSSR count). The van der Waals surface area contributed by atoms with Gasteiger partial charge in [-0.1, -0.05) is 61.0 Å². The molecule has 1 unspecified atom stereocenters. The van der Waals surface area contributed by atoms with Gasteiger partial charge in [-0.15, -0.1) is 0 Å². The van der Waals surface area contributed by atoms with Crippen LogP contribution in [0, 0.1) is 11.8 Å². The summed E-state index contributed by atoms with van der Waals surface area (Å²) >= 11 is 6.55. The van der Waals surface area contributed by atoms with Crippen LogP contribution in [0.25, 0.3) is 0 Å². The summed E-state index contributed by atoms with van der Waals surface area (Å²) in [4.78, 5) is 56.4. The molecule has 1 spiro atoms. The lowest BCUT2D eigenvalue weighted by Gasteiger charge is -2.32. The number of carbonyl (C=O) groups excluding carboxylic acids is 3. The van der Waals surface area contributed by atoms with Crippen molar-refractivity contribution in [2.75, 3.05) is 36.5 Å². The largest absolute Gasteiger partial charge is 0.432 e. The highest BCUT2D eigenvalue weighted by molar-refractivity contribution is 6.71. The highest BCUT2D eigenvalue weighted by atomic mass is 35.5. The van der Waals surface area contributed by atoms with Crippen LogP contribution in [-0.2, 0) is 37.8 Å². The SMILES string of the molecule is C[C@H]1[C@H]([Si](C)(C)O)[C@@H](CC(=O)N(CCO)Cc2ccccc2)O[C@]12C(=O)N(Cc1ccc(NC(=O)C3CCCNC3)cc1)c1ccc(Cl)cc12. The maximum Gasteiger partial charge on any atom is 0.264 e. The van der Waals surface area contributed by atoms with Crippen LogP contribution in [0.15, 0.2) is 72.8 Å². The molecule has 0 aromatic heterocycles. The average Bonchev–Trinajstić information content (AvgIpc) is 3.52. The third kappa shape index (κ3) is 7.26. The van der Waals surface area contributed by atoms with Crippen LogP contribution in [-0.4, -0.2) is 73.2 Å². The van der Waals surface area contributed by atoms with E-state index in [1.54, 1.807) is 21.9 Å². The van der Waals surface area contributed by atoms with Gasteiger partial charge in [0.05, 0.1) is 37.3 Å². The molecule has 0 saturated carbocycles. The van der Waals surface area contributed by atoms with E-state index in [1.807, 2.05) is 80.7 Å². The number of hydrogen-bond donors (Lipinski definition) is 4. The van der Waals surface area contributed by atoms with Crippen LogP contribution >= 0.6 is 11.6 Å². The topological polar surface area (TPSA) is 131 Å². The van der Waals surface area contributed by atoms with Crippen molar-refractivity contribution in [2.24, 2.45) is 11.8 Å². The number of benzene rings is 3. The Morgan fingerprint density at radius 3 is 2.50 bits per heavy atom. The molecule has 50 heavy (non-hydrogen) atoms. The first kappa shape index (κ1) is 36.2. The standard InChI is InChI=1S/C38H47ClN4O6Si/c1-25-35(50(2,3)48)33(21-34(45)42(18-19-44)23-26-8-5-4-6-9-26)49-38(25)31-20-29(39)13-16-32(31)43(37(38)47)24-27-11-14-30(15-12-27)41-36(46)28-10-7-17-40-22-28/h4-6,8-9,11-16,20,25,28,33,35,40,44,48H,7,10,17-19,21-24H2,1-3H3,(H,41,46)/t25-,28?,33+,35-,38+/m0/s1. The number of nitrogens with one attached hydrogen (secondary N) is 2. The first-order valence-electron chi connectivity index (χ1n) is 17.5. The minimum Gasteiger partial charge on any atom is -0.432 e. The number of amides is 3. The molecule has 2 saturated heterocycles. The van der Waals surface area contributed by atoms with E-state index in [2.05, 4.69) is 10.6 Å². The van der Waals surface area contributed by atoms with E-state index in [4.69, 9.17) is 16.3 Å². The zero-order valence-electron chi connectivity index (χ0n) is 28.9. The fourth-order valence-corrected chi connectivity index (χ4v) is 10.8. The van der Waals surface area contributed by atoms with Gasteiger partial charge in [-0.3, -0.25) is 14.4 Å². The Balaban J connectivity index is 1.26. The minimum absolute atomic E-state index is 0.00252. The van der Waals surface area contributed by atoms with E-state index in [0.29, 0.717) is 35.1 Å². The van der Waals surface area contributed by atoms with Crippen LogP contribution in [0.2, 0.25) is 23.7 Å². The van der Waals surface area contributed by atoms with Crippen LogP contribution in [0.4, 0.5) is 11.4 Å². The van der Waals surface area contributed by atoms with Crippen molar-refractivity contribution in [3.63, 3.8) is 0 Å². The molecular weight excluding hydrogens is 672 g/mol. The Hall–Kier alpha value is -3.58. The molecule has 266 valence electrons. The Morgan fingerprint density at radius 1 is 1.10 bits per heavy atom. The molecule has 3 aromatic rings. The number of halogens is 1. The zero-order valence-corrected chi connectivity index (χ0v) is 30.7. The van der Waals surface area contributed by atoms with Crippen molar-refractivity contribution in [3.8, 4) is 0 Å². The smallest absolute Gasteiger partial charge is 0.264 e. The Kier molecular flexibility index (Phi) is 10.8. The van der Waals surface area contributed by atoms with Crippen LogP contribution in [0.5, 0.6) is 0 Å². The van der Waals surface area contributed by atoms with Crippen molar-refractivity contribution < 1.29 is 29.0 Å². The van der Waals surface area contributed by atoms with E-state index in [-0.39, 0.29) is 49.8 Å². The molecule has 3 aromatic carbocycles. The number of carbonyl (C=O) groups is 3. The summed E-state index contributed by atoms with van der Waals surface area (Å²) in [5.41, 5.74) is 1.89. The molecule has 4 N–H and O–H groups in total. The summed E-state index contributed by atoms with van der Waals surface area (Å²) in [7, 11) is -3.02. The van der Waals surface area contributed by atoms with Crippen molar-refractivity contribution in [1.82, 2.24) is 10.2 Å². The summed E-state index contributed by atoms with van der Waals surface area (Å²) in [5.74, 6) is -1.01. The molecule has 3 aliphatic heterocycles. The molecule has 3 amide bonds. The summed E-state index contributed by atoms with van der Waals surface area (Å²) in [5, 5.41) is 16.5. The molecule has 10 nitrogen and oxygen atoms in total. The van der Waals surface area contributed by atoms with Gasteiger partial charge in [0.1, 0.15) is 0 Å². The van der Waals surface area contributed by atoms with Gasteiger partial charge in [-0.2, -0.15) is 0 Å². The first-order chi connectivity index (χ1) is 23.9. The average molecular weight is 719 g/mol. The number of hydrogen-bond acceptors (Lipinski definition) is 7. The summed E-state index contributed by atoms with van der Waals surface area (Å²) < 4.78 is 6.85. The van der Waals surface area contributed by atoms with Gasteiger partial charge in [-0.25, -0.2) is 0 Å². The monoisotopic (exact) mass is 718 g/mol. The van der Waals surface area contributed by atoms with Crippen molar-refractivity contribution in [3.05, 3.63) is 94.5 Å². The Bertz CT molecular complexity index is 1700. The number of rotatable bonds is 11. The first-order valence-corrected chi connectivity index (χ1v) is 20.9. The Morgan fingerprint density at radius 2 is 1.84 bits per heavy atom. The quantitative estimate of drug-likeness (QED) is 0.205. The molecule has 5 atom stereocenters. The van der Waals surface area contributed by atoms with Crippen LogP contribution in [0.1, 0.15) is 42.9 Å². The maximum atomic E-state index is 14.8. The van der Waals surface area contributed by atoms with Gasteiger partial charge in [0, 0.05) is 47.4 Å². The molecule has 0 radical (unpaired) electrons. The minimum atomic E-state index is -3.02. The second kappa shape index (κ2) is 15.0. The summed E-state index contributed by atoms with van der Waals surface area (Å²) in [6.07, 6.45) is 1.05. The van der Waals surface area contributed by atoms with Crippen molar-refractivity contribution in [1.29, 1.82) is 0 Å². The van der Waals surface area contributed by atoms with E-state index < -0.39 is 31.5 Å². The number of fused-ring (bicyclic) bond motifs is 2. The molecule has 3 heterocycles. The zero-order chi connectivity index (χ0) is 35.6. The van der Waals surface area contributed by atoms with Crippen molar-refractivity contribution in [2.45, 2.75) is 69.6 Å². The fraction of sp³-hybridized carbons (Fsp3) is 0.447. The molecular formula is C38H47ClN4O6Si. The molecule has 3 aliphatic rings. The number of aliphatic hydroxyl groups excluding tert-OH is 1. The third-order valence-corrected chi connectivity index (χ3v) is 13.2. The maximum absolute atomic E-state index is 14.8. The Labute approximate surface area is 299 Å².